The van der Waals surface area contributed by atoms with E-state index in [0.29, 0.717) is 23.9 Å². The van der Waals surface area contributed by atoms with E-state index < -0.39 is 0 Å². The van der Waals surface area contributed by atoms with E-state index in [1.807, 2.05) is 28.5 Å². The molecule has 2 amide bonds. The summed E-state index contributed by atoms with van der Waals surface area (Å²) in [6.07, 6.45) is 2.96. The first-order valence-corrected chi connectivity index (χ1v) is 14.5. The van der Waals surface area contributed by atoms with Crippen LogP contribution in [-0.2, 0) is 19.4 Å². The molecule has 3 aromatic rings. The van der Waals surface area contributed by atoms with Gasteiger partial charge in [-0.15, -0.1) is 22.7 Å². The zero-order chi connectivity index (χ0) is 25.3. The van der Waals surface area contributed by atoms with Gasteiger partial charge < -0.3 is 10.2 Å². The third-order valence-electron chi connectivity index (χ3n) is 7.58. The van der Waals surface area contributed by atoms with Gasteiger partial charge in [-0.05, 0) is 53.2 Å². The van der Waals surface area contributed by atoms with E-state index >= 15 is 0 Å². The third kappa shape index (κ3) is 5.43. The molecule has 2 aliphatic rings. The quantitative estimate of drug-likeness (QED) is 0.437. The molecule has 1 aliphatic carbocycles. The Bertz CT molecular complexity index is 1200. The Morgan fingerprint density at radius 3 is 2.44 bits per heavy atom. The molecule has 3 heterocycles. The van der Waals surface area contributed by atoms with Gasteiger partial charge in [0.25, 0.3) is 11.8 Å². The lowest BCUT2D eigenvalue weighted by atomic mass is 9.72. The number of nitrogens with zero attached hydrogens (tertiary/aromatic N) is 2. The number of benzene rings is 1. The Balaban J connectivity index is 1.36. The summed E-state index contributed by atoms with van der Waals surface area (Å²) in [6.45, 7) is 10.9. The number of rotatable bonds is 5. The second-order valence-corrected chi connectivity index (χ2v) is 13.1. The minimum atomic E-state index is -0.127. The van der Waals surface area contributed by atoms with Crippen molar-refractivity contribution in [3.63, 3.8) is 0 Å². The molecule has 1 aromatic carbocycles. The zero-order valence-corrected chi connectivity index (χ0v) is 23.0. The van der Waals surface area contributed by atoms with Crippen LogP contribution in [0.15, 0.2) is 47.8 Å². The zero-order valence-electron chi connectivity index (χ0n) is 21.4. The van der Waals surface area contributed by atoms with Crippen molar-refractivity contribution in [1.82, 2.24) is 9.80 Å². The first kappa shape index (κ1) is 25.2. The first-order valence-electron chi connectivity index (χ1n) is 12.8. The smallest absolute Gasteiger partial charge is 0.266 e. The lowest BCUT2D eigenvalue weighted by Gasteiger charge is -2.36. The molecule has 2 aromatic heterocycles. The van der Waals surface area contributed by atoms with Crippen LogP contribution in [0.1, 0.15) is 63.2 Å². The molecule has 1 saturated heterocycles. The fourth-order valence-electron chi connectivity index (χ4n) is 5.32. The number of nitrogens with one attached hydrogen (secondary N) is 1. The van der Waals surface area contributed by atoms with Gasteiger partial charge in [-0.3, -0.25) is 14.5 Å². The topological polar surface area (TPSA) is 52.7 Å². The van der Waals surface area contributed by atoms with Crippen molar-refractivity contribution in [3.05, 3.63) is 74.3 Å². The fourth-order valence-corrected chi connectivity index (χ4v) is 7.25. The molecular weight excluding hydrogens is 486 g/mol. The van der Waals surface area contributed by atoms with Crippen molar-refractivity contribution in [2.24, 2.45) is 11.3 Å². The summed E-state index contributed by atoms with van der Waals surface area (Å²) in [7, 11) is 0. The molecule has 0 saturated carbocycles. The summed E-state index contributed by atoms with van der Waals surface area (Å²) in [4.78, 5) is 33.2. The van der Waals surface area contributed by atoms with Crippen molar-refractivity contribution in [1.29, 1.82) is 0 Å². The highest BCUT2D eigenvalue weighted by Gasteiger charge is 2.36. The number of thiophene rings is 2. The largest absolute Gasteiger partial charge is 0.336 e. The molecule has 190 valence electrons. The maximum absolute atomic E-state index is 13.9. The summed E-state index contributed by atoms with van der Waals surface area (Å²) in [5.41, 5.74) is 3.43. The van der Waals surface area contributed by atoms with Crippen LogP contribution in [0.5, 0.6) is 0 Å². The van der Waals surface area contributed by atoms with Gasteiger partial charge in [0, 0.05) is 37.6 Å². The van der Waals surface area contributed by atoms with Crippen LogP contribution in [-0.4, -0.2) is 47.8 Å². The van der Waals surface area contributed by atoms with Crippen LogP contribution in [0.2, 0.25) is 0 Å². The second kappa shape index (κ2) is 10.5. The van der Waals surface area contributed by atoms with Gasteiger partial charge in [-0.1, -0.05) is 57.2 Å². The highest BCUT2D eigenvalue weighted by Crippen LogP contribution is 2.45. The molecule has 36 heavy (non-hydrogen) atoms. The number of hydrogen-bond donors (Lipinski definition) is 1. The van der Waals surface area contributed by atoms with Gasteiger partial charge in [0.2, 0.25) is 0 Å². The molecule has 1 atom stereocenters. The average molecular weight is 522 g/mol. The summed E-state index contributed by atoms with van der Waals surface area (Å²) >= 11 is 3.04. The molecule has 5 nitrogen and oxygen atoms in total. The third-order valence-corrected chi connectivity index (χ3v) is 9.62. The van der Waals surface area contributed by atoms with Crippen LogP contribution < -0.4 is 5.32 Å². The number of carbonyl (C=O) groups excluding carboxylic acids is 2. The maximum atomic E-state index is 13.9. The summed E-state index contributed by atoms with van der Waals surface area (Å²) in [6, 6.07) is 14.2. The van der Waals surface area contributed by atoms with Gasteiger partial charge in [-0.25, -0.2) is 0 Å². The van der Waals surface area contributed by atoms with Crippen LogP contribution in [0, 0.1) is 11.3 Å². The van der Waals surface area contributed by atoms with Gasteiger partial charge >= 0.3 is 0 Å². The van der Waals surface area contributed by atoms with E-state index in [1.54, 1.807) is 11.3 Å². The molecule has 0 unspecified atom stereocenters. The maximum Gasteiger partial charge on any atom is 0.266 e. The summed E-state index contributed by atoms with van der Waals surface area (Å²) < 4.78 is 0. The monoisotopic (exact) mass is 521 g/mol. The Morgan fingerprint density at radius 2 is 1.78 bits per heavy atom. The summed E-state index contributed by atoms with van der Waals surface area (Å²) in [5, 5.41) is 5.75. The molecule has 1 aliphatic heterocycles. The molecular formula is C29H35N3O2S2. The minimum absolute atomic E-state index is 0.0718. The molecule has 1 N–H and O–H groups in total. The highest BCUT2D eigenvalue weighted by atomic mass is 32.1. The highest BCUT2D eigenvalue weighted by molar-refractivity contribution is 7.17. The number of fused-ring (bicyclic) bond motifs is 1. The van der Waals surface area contributed by atoms with Crippen molar-refractivity contribution in [2.45, 2.75) is 46.6 Å². The fraction of sp³-hybridized carbons (Fsp3) is 0.448. The standard InChI is InChI=1S/C29H35N3O2S2/c1-29(2,3)21-11-12-22-24(18-21)36-27(30-26(33)23-10-7-17-35-23)25(22)28(34)32-15-13-31(14-16-32)19-20-8-5-4-6-9-20/h4-10,17,21H,11-16,18-19H2,1-3H3,(H,30,33)/t21-/m0/s1. The average Bonchev–Trinajstić information content (AvgIpc) is 3.52. The molecule has 0 spiro atoms. The number of piperazine rings is 1. The van der Waals surface area contributed by atoms with Crippen molar-refractivity contribution < 1.29 is 9.59 Å². The number of amides is 2. The van der Waals surface area contributed by atoms with E-state index in [0.717, 1.165) is 49.5 Å². The molecule has 0 radical (unpaired) electrons. The van der Waals surface area contributed by atoms with Crippen molar-refractivity contribution >= 4 is 39.5 Å². The van der Waals surface area contributed by atoms with Gasteiger partial charge in [0.1, 0.15) is 5.00 Å². The van der Waals surface area contributed by atoms with Crippen LogP contribution in [0.3, 0.4) is 0 Å². The normalized spacial score (nSPS) is 18.6. The van der Waals surface area contributed by atoms with E-state index in [1.165, 1.54) is 27.3 Å². The predicted molar refractivity (Wildman–Crippen MR) is 149 cm³/mol. The van der Waals surface area contributed by atoms with Crippen LogP contribution in [0.4, 0.5) is 5.00 Å². The molecule has 5 rings (SSSR count). The number of hydrogen-bond acceptors (Lipinski definition) is 5. The van der Waals surface area contributed by atoms with E-state index in [4.69, 9.17) is 0 Å². The Morgan fingerprint density at radius 1 is 1.03 bits per heavy atom. The number of anilines is 1. The Kier molecular flexibility index (Phi) is 7.33. The van der Waals surface area contributed by atoms with E-state index in [9.17, 15) is 9.59 Å². The van der Waals surface area contributed by atoms with E-state index in [-0.39, 0.29) is 17.2 Å². The molecule has 1 fully saturated rings. The van der Waals surface area contributed by atoms with Gasteiger partial charge in [0.05, 0.1) is 10.4 Å². The lowest BCUT2D eigenvalue weighted by Crippen LogP contribution is -2.48. The van der Waals surface area contributed by atoms with Crippen LogP contribution in [0.25, 0.3) is 0 Å². The van der Waals surface area contributed by atoms with Crippen molar-refractivity contribution in [2.75, 3.05) is 31.5 Å². The number of carbonyl (C=O) groups is 2. The first-order chi connectivity index (χ1) is 17.3. The molecule has 0 bridgehead atoms. The van der Waals surface area contributed by atoms with E-state index in [2.05, 4.69) is 55.3 Å². The lowest BCUT2D eigenvalue weighted by molar-refractivity contribution is 0.0628. The minimum Gasteiger partial charge on any atom is -0.336 e. The molecule has 7 heteroatoms. The second-order valence-electron chi connectivity index (χ2n) is 11.0. The SMILES string of the molecule is CC(C)(C)[C@H]1CCc2c(sc(NC(=O)c3cccs3)c2C(=O)N2CCN(Cc3ccccc3)CC2)C1. The summed E-state index contributed by atoms with van der Waals surface area (Å²) in [5.74, 6) is 0.522. The Labute approximate surface area is 222 Å². The van der Waals surface area contributed by atoms with Crippen LogP contribution >= 0.6 is 22.7 Å². The Hall–Kier alpha value is -2.48. The predicted octanol–water partition coefficient (Wildman–Crippen LogP) is 6.17. The van der Waals surface area contributed by atoms with Gasteiger partial charge in [-0.2, -0.15) is 0 Å². The van der Waals surface area contributed by atoms with Crippen molar-refractivity contribution in [3.8, 4) is 0 Å². The van der Waals surface area contributed by atoms with Gasteiger partial charge in [0.15, 0.2) is 0 Å².